The average molecular weight is 759 g/mol. The molecule has 6 heteroatoms. The predicted molar refractivity (Wildman–Crippen MR) is 240 cm³/mol. The van der Waals surface area contributed by atoms with E-state index < -0.39 is 0 Å². The van der Waals surface area contributed by atoms with Crippen LogP contribution in [0.25, 0.3) is 120 Å². The number of hydrogen-bond acceptors (Lipinski definition) is 6. The van der Waals surface area contributed by atoms with Crippen LogP contribution in [0.15, 0.2) is 186 Å². The third-order valence-corrected chi connectivity index (χ3v) is 12.2. The van der Waals surface area contributed by atoms with Gasteiger partial charge in [-0.25, -0.2) is 19.9 Å². The van der Waals surface area contributed by atoms with Gasteiger partial charge in [0.05, 0.1) is 11.2 Å². The third-order valence-electron chi connectivity index (χ3n) is 11.1. The van der Waals surface area contributed by atoms with Crippen LogP contribution in [0.2, 0.25) is 0 Å². The number of furan rings is 1. The molecule has 0 radical (unpaired) electrons. The van der Waals surface area contributed by atoms with E-state index in [2.05, 4.69) is 140 Å². The van der Waals surface area contributed by atoms with Gasteiger partial charge in [0.2, 0.25) is 0 Å². The van der Waals surface area contributed by atoms with Gasteiger partial charge in [-0.3, -0.25) is 0 Å². The maximum atomic E-state index is 6.75. The van der Waals surface area contributed by atoms with Crippen molar-refractivity contribution in [3.05, 3.63) is 182 Å². The lowest BCUT2D eigenvalue weighted by Crippen LogP contribution is -2.00. The average Bonchev–Trinajstić information content (AvgIpc) is 3.87. The Bertz CT molecular complexity index is 3570. The summed E-state index contributed by atoms with van der Waals surface area (Å²) in [7, 11) is 0. The fourth-order valence-electron chi connectivity index (χ4n) is 8.32. The van der Waals surface area contributed by atoms with Crippen LogP contribution in [0, 0.1) is 0 Å². The fraction of sp³-hybridized carbons (Fsp3) is 0. The predicted octanol–water partition coefficient (Wildman–Crippen LogP) is 14.2. The van der Waals surface area contributed by atoms with Crippen molar-refractivity contribution in [1.29, 1.82) is 0 Å². The van der Waals surface area contributed by atoms with Crippen LogP contribution in [0.3, 0.4) is 0 Å². The number of nitrogens with zero attached hydrogens (tertiary/aromatic N) is 4. The highest BCUT2D eigenvalue weighted by Gasteiger charge is 2.19. The molecule has 0 unspecified atom stereocenters. The van der Waals surface area contributed by atoms with E-state index in [1.165, 1.54) is 20.2 Å². The molecule has 5 nitrogen and oxygen atoms in total. The summed E-state index contributed by atoms with van der Waals surface area (Å²) in [5.41, 5.74) is 9.63. The molecule has 0 fully saturated rings. The van der Waals surface area contributed by atoms with Gasteiger partial charge in [0.25, 0.3) is 0 Å². The molecular weight excluding hydrogens is 729 g/mol. The van der Waals surface area contributed by atoms with Gasteiger partial charge in [-0.1, -0.05) is 140 Å². The molecule has 0 saturated carbocycles. The zero-order chi connectivity index (χ0) is 38.2. The Balaban J connectivity index is 0.992. The first-order valence-electron chi connectivity index (χ1n) is 19.3. The van der Waals surface area contributed by atoms with E-state index in [1.807, 2.05) is 42.5 Å². The topological polar surface area (TPSA) is 64.7 Å². The van der Waals surface area contributed by atoms with Crippen LogP contribution in [0.4, 0.5) is 0 Å². The molecule has 0 atom stereocenters. The van der Waals surface area contributed by atoms with E-state index >= 15 is 0 Å². The van der Waals surface area contributed by atoms with Crippen LogP contribution in [0.1, 0.15) is 0 Å². The maximum absolute atomic E-state index is 6.75. The van der Waals surface area contributed by atoms with Crippen molar-refractivity contribution in [2.75, 3.05) is 0 Å². The highest BCUT2D eigenvalue weighted by atomic mass is 32.1. The number of thiophene rings is 1. The van der Waals surface area contributed by atoms with Gasteiger partial charge < -0.3 is 4.42 Å². The van der Waals surface area contributed by atoms with Gasteiger partial charge in [0, 0.05) is 69.4 Å². The molecule has 0 amide bonds. The molecule has 0 spiro atoms. The summed E-state index contributed by atoms with van der Waals surface area (Å²) in [4.78, 5) is 20.3. The van der Waals surface area contributed by atoms with E-state index in [0.717, 1.165) is 82.7 Å². The molecule has 58 heavy (non-hydrogen) atoms. The number of hydrogen-bond donors (Lipinski definition) is 0. The third kappa shape index (κ3) is 5.30. The van der Waals surface area contributed by atoms with Gasteiger partial charge in [0.15, 0.2) is 17.5 Å². The summed E-state index contributed by atoms with van der Waals surface area (Å²) in [6.45, 7) is 0. The highest BCUT2D eigenvalue weighted by molar-refractivity contribution is 7.25. The van der Waals surface area contributed by atoms with Gasteiger partial charge >= 0.3 is 0 Å². The van der Waals surface area contributed by atoms with Crippen LogP contribution in [-0.2, 0) is 0 Å². The Labute approximate surface area is 336 Å². The van der Waals surface area contributed by atoms with E-state index in [4.69, 9.17) is 24.4 Å². The van der Waals surface area contributed by atoms with Crippen molar-refractivity contribution < 1.29 is 4.42 Å². The lowest BCUT2D eigenvalue weighted by Gasteiger charge is -2.10. The van der Waals surface area contributed by atoms with E-state index in [9.17, 15) is 0 Å². The molecule has 12 rings (SSSR count). The largest absolute Gasteiger partial charge is 0.455 e. The summed E-state index contributed by atoms with van der Waals surface area (Å²) in [5, 5.41) is 7.86. The number of benzene rings is 8. The molecule has 4 aromatic heterocycles. The van der Waals surface area contributed by atoms with Crippen molar-refractivity contribution in [2.45, 2.75) is 0 Å². The first kappa shape index (κ1) is 32.7. The summed E-state index contributed by atoms with van der Waals surface area (Å²) in [6, 6.07) is 63.2. The van der Waals surface area contributed by atoms with E-state index in [0.29, 0.717) is 17.5 Å². The summed E-state index contributed by atoms with van der Waals surface area (Å²) >= 11 is 1.79. The smallest absolute Gasteiger partial charge is 0.164 e. The summed E-state index contributed by atoms with van der Waals surface area (Å²) < 4.78 is 9.23. The van der Waals surface area contributed by atoms with Crippen molar-refractivity contribution in [3.8, 4) is 56.5 Å². The second-order valence-electron chi connectivity index (χ2n) is 14.6. The number of aromatic nitrogens is 4. The Morgan fingerprint density at radius 2 is 0.931 bits per heavy atom. The van der Waals surface area contributed by atoms with Crippen LogP contribution >= 0.6 is 11.3 Å². The van der Waals surface area contributed by atoms with Crippen LogP contribution in [-0.4, -0.2) is 19.9 Å². The molecule has 0 saturated heterocycles. The maximum Gasteiger partial charge on any atom is 0.164 e. The van der Waals surface area contributed by atoms with Gasteiger partial charge in [0.1, 0.15) is 11.2 Å². The van der Waals surface area contributed by atoms with Crippen LogP contribution in [0.5, 0.6) is 0 Å². The van der Waals surface area contributed by atoms with Gasteiger partial charge in [-0.15, -0.1) is 11.3 Å². The molecule has 4 heterocycles. The summed E-state index contributed by atoms with van der Waals surface area (Å²) in [6.07, 6.45) is 0. The Kier molecular flexibility index (Phi) is 7.33. The quantitative estimate of drug-likeness (QED) is 0.164. The van der Waals surface area contributed by atoms with Gasteiger partial charge in [-0.05, 0) is 53.6 Å². The molecule has 270 valence electrons. The second kappa shape index (κ2) is 13.0. The molecule has 8 aromatic carbocycles. The molecule has 0 bridgehead atoms. The number of para-hydroxylation sites is 1. The normalized spacial score (nSPS) is 11.8. The van der Waals surface area contributed by atoms with Gasteiger partial charge in [-0.2, -0.15) is 0 Å². The van der Waals surface area contributed by atoms with E-state index in [1.54, 1.807) is 11.3 Å². The molecular formula is C52H30N4OS. The zero-order valence-electron chi connectivity index (χ0n) is 30.9. The zero-order valence-corrected chi connectivity index (χ0v) is 31.7. The molecule has 0 aliphatic carbocycles. The number of pyridine rings is 1. The number of rotatable bonds is 5. The standard InChI is InChI=1S/C52H30N4OS/c1-3-12-31(13-4-1)48-41-26-25-39-42-29-34(23-27-44(42)57-49(39)47(41)40-19-7-9-20-43(40)53-48)33-16-11-17-35(28-33)51-54-50(32-14-5-2-6-15-32)55-52(56-51)36-22-24-38-37-18-8-10-21-45(37)58-46(38)30-36/h1-30H. The first-order valence-corrected chi connectivity index (χ1v) is 20.1. The molecule has 0 aliphatic rings. The minimum Gasteiger partial charge on any atom is -0.455 e. The Morgan fingerprint density at radius 1 is 0.345 bits per heavy atom. The summed E-state index contributed by atoms with van der Waals surface area (Å²) in [5.74, 6) is 1.91. The monoisotopic (exact) mass is 758 g/mol. The SMILES string of the molecule is c1ccc(-c2nc(-c3cccc(-c4ccc5oc6c(ccc7c(-c8ccccc8)nc8ccccc8c76)c5c4)c3)nc(-c3ccc4c(c3)sc3ccccc34)n2)cc1. The van der Waals surface area contributed by atoms with Crippen molar-refractivity contribution in [2.24, 2.45) is 0 Å². The van der Waals surface area contributed by atoms with Crippen molar-refractivity contribution in [1.82, 2.24) is 19.9 Å². The number of fused-ring (bicyclic) bond motifs is 10. The lowest BCUT2D eigenvalue weighted by atomic mass is 9.97. The molecule has 0 N–H and O–H groups in total. The second-order valence-corrected chi connectivity index (χ2v) is 15.7. The van der Waals surface area contributed by atoms with E-state index in [-0.39, 0.29) is 0 Å². The van der Waals surface area contributed by atoms with Crippen molar-refractivity contribution in [3.63, 3.8) is 0 Å². The minimum absolute atomic E-state index is 0.623. The lowest BCUT2D eigenvalue weighted by molar-refractivity contribution is 0.673. The molecule has 12 aromatic rings. The van der Waals surface area contributed by atoms with Crippen LogP contribution < -0.4 is 0 Å². The Hall–Kier alpha value is -7.54. The Morgan fingerprint density at radius 3 is 1.76 bits per heavy atom. The highest BCUT2D eigenvalue weighted by Crippen LogP contribution is 2.42. The minimum atomic E-state index is 0.623. The van der Waals surface area contributed by atoms with Crippen molar-refractivity contribution >= 4 is 75.1 Å². The molecule has 0 aliphatic heterocycles. The fourth-order valence-corrected chi connectivity index (χ4v) is 9.46. The first-order chi connectivity index (χ1) is 28.7.